The summed E-state index contributed by atoms with van der Waals surface area (Å²) < 4.78 is 0.902. The van der Waals surface area contributed by atoms with E-state index in [4.69, 9.17) is 5.73 Å². The van der Waals surface area contributed by atoms with Gasteiger partial charge in [-0.15, -0.1) is 0 Å². The molecule has 0 aromatic heterocycles. The number of nitrogens with two attached hydrogens (primary N) is 1. The van der Waals surface area contributed by atoms with Crippen LogP contribution in [0.4, 0.5) is 0 Å². The van der Waals surface area contributed by atoms with E-state index in [1.165, 1.54) is 0 Å². The van der Waals surface area contributed by atoms with Gasteiger partial charge < -0.3 is 11.1 Å². The molecule has 3 nitrogen and oxygen atoms in total. The van der Waals surface area contributed by atoms with Crippen molar-refractivity contribution in [3.8, 4) is 0 Å². The first-order valence-corrected chi connectivity index (χ1v) is 7.72. The monoisotopic (exact) mass is 346 g/mol. The number of carbonyl (C=O) groups excluding carboxylic acids is 1. The SMILES string of the molecule is Cc1ccc(Br)cc1C(=O)NCCC(N)c1ccccc1. The first-order chi connectivity index (χ1) is 10.1. The van der Waals surface area contributed by atoms with Crippen LogP contribution in [0, 0.1) is 6.92 Å². The lowest BCUT2D eigenvalue weighted by Crippen LogP contribution is -2.27. The van der Waals surface area contributed by atoms with Gasteiger partial charge >= 0.3 is 0 Å². The minimum Gasteiger partial charge on any atom is -0.352 e. The minimum absolute atomic E-state index is 0.0601. The maximum Gasteiger partial charge on any atom is 0.251 e. The van der Waals surface area contributed by atoms with Gasteiger partial charge in [0.05, 0.1) is 0 Å². The fraction of sp³-hybridized carbons (Fsp3) is 0.235. The molecule has 0 aliphatic carbocycles. The molecule has 0 heterocycles. The highest BCUT2D eigenvalue weighted by molar-refractivity contribution is 9.10. The normalized spacial score (nSPS) is 12.0. The van der Waals surface area contributed by atoms with Gasteiger partial charge in [-0.3, -0.25) is 4.79 Å². The van der Waals surface area contributed by atoms with Crippen molar-refractivity contribution in [2.45, 2.75) is 19.4 Å². The summed E-state index contributed by atoms with van der Waals surface area (Å²) >= 11 is 3.39. The Morgan fingerprint density at radius 3 is 2.67 bits per heavy atom. The Morgan fingerprint density at radius 1 is 1.24 bits per heavy atom. The first-order valence-electron chi connectivity index (χ1n) is 6.93. The Balaban J connectivity index is 1.88. The summed E-state index contributed by atoms with van der Waals surface area (Å²) in [4.78, 5) is 12.2. The van der Waals surface area contributed by atoms with E-state index in [1.54, 1.807) is 0 Å². The van der Waals surface area contributed by atoms with E-state index in [1.807, 2.05) is 55.5 Å². The second-order valence-corrected chi connectivity index (χ2v) is 5.94. The van der Waals surface area contributed by atoms with Gasteiger partial charge in [-0.2, -0.15) is 0 Å². The lowest BCUT2D eigenvalue weighted by Gasteiger charge is -2.13. The average molecular weight is 347 g/mol. The number of carbonyl (C=O) groups is 1. The summed E-state index contributed by atoms with van der Waals surface area (Å²) in [7, 11) is 0. The zero-order valence-electron chi connectivity index (χ0n) is 12.0. The van der Waals surface area contributed by atoms with Gasteiger partial charge in [-0.25, -0.2) is 0 Å². The molecule has 0 saturated carbocycles. The molecule has 0 fully saturated rings. The van der Waals surface area contributed by atoms with Crippen molar-refractivity contribution in [1.29, 1.82) is 0 Å². The molecule has 21 heavy (non-hydrogen) atoms. The van der Waals surface area contributed by atoms with E-state index in [0.29, 0.717) is 18.5 Å². The number of rotatable bonds is 5. The van der Waals surface area contributed by atoms with Gasteiger partial charge in [0.1, 0.15) is 0 Å². The smallest absolute Gasteiger partial charge is 0.251 e. The highest BCUT2D eigenvalue weighted by Crippen LogP contribution is 2.16. The lowest BCUT2D eigenvalue weighted by atomic mass is 10.0. The van der Waals surface area contributed by atoms with E-state index < -0.39 is 0 Å². The average Bonchev–Trinajstić information content (AvgIpc) is 2.50. The molecule has 0 aliphatic heterocycles. The predicted molar refractivity (Wildman–Crippen MR) is 89.2 cm³/mol. The molecule has 110 valence electrons. The van der Waals surface area contributed by atoms with Crippen LogP contribution in [0.25, 0.3) is 0 Å². The van der Waals surface area contributed by atoms with Crippen LogP contribution >= 0.6 is 15.9 Å². The number of hydrogen-bond donors (Lipinski definition) is 2. The Labute approximate surface area is 133 Å². The van der Waals surface area contributed by atoms with Gasteiger partial charge in [0, 0.05) is 22.6 Å². The molecule has 1 unspecified atom stereocenters. The number of hydrogen-bond acceptors (Lipinski definition) is 2. The predicted octanol–water partition coefficient (Wildman–Crippen LogP) is 3.58. The highest BCUT2D eigenvalue weighted by atomic mass is 79.9. The van der Waals surface area contributed by atoms with Crippen molar-refractivity contribution in [2.75, 3.05) is 6.54 Å². The molecule has 2 aromatic carbocycles. The van der Waals surface area contributed by atoms with Gasteiger partial charge in [0.15, 0.2) is 0 Å². The summed E-state index contributed by atoms with van der Waals surface area (Å²) in [6, 6.07) is 15.5. The van der Waals surface area contributed by atoms with Crippen molar-refractivity contribution in [3.63, 3.8) is 0 Å². The molecule has 2 rings (SSSR count). The van der Waals surface area contributed by atoms with E-state index in [9.17, 15) is 4.79 Å². The third kappa shape index (κ3) is 4.41. The molecule has 1 atom stereocenters. The van der Waals surface area contributed by atoms with Gasteiger partial charge in [-0.1, -0.05) is 52.3 Å². The Hall–Kier alpha value is -1.65. The van der Waals surface area contributed by atoms with E-state index >= 15 is 0 Å². The van der Waals surface area contributed by atoms with E-state index in [0.717, 1.165) is 15.6 Å². The Morgan fingerprint density at radius 2 is 1.95 bits per heavy atom. The van der Waals surface area contributed by atoms with E-state index in [-0.39, 0.29) is 11.9 Å². The van der Waals surface area contributed by atoms with Gasteiger partial charge in [0.2, 0.25) is 0 Å². The molecule has 1 amide bonds. The van der Waals surface area contributed by atoms with Crippen molar-refractivity contribution < 1.29 is 4.79 Å². The number of halogens is 1. The second-order valence-electron chi connectivity index (χ2n) is 5.02. The molecule has 0 spiro atoms. The topological polar surface area (TPSA) is 55.1 Å². The molecular formula is C17H19BrN2O. The highest BCUT2D eigenvalue weighted by Gasteiger charge is 2.10. The Kier molecular flexibility index (Phi) is 5.53. The number of aryl methyl sites for hydroxylation is 1. The molecule has 0 saturated heterocycles. The first kappa shape index (κ1) is 15.7. The standard InChI is InChI=1S/C17H19BrN2O/c1-12-7-8-14(18)11-15(12)17(21)20-10-9-16(19)13-5-3-2-4-6-13/h2-8,11,16H,9-10,19H2,1H3,(H,20,21). The largest absolute Gasteiger partial charge is 0.352 e. The van der Waals surface area contributed by atoms with E-state index in [2.05, 4.69) is 21.2 Å². The van der Waals surface area contributed by atoms with Crippen LogP contribution in [0.1, 0.15) is 33.9 Å². The maximum absolute atomic E-state index is 12.2. The molecule has 2 aromatic rings. The quantitative estimate of drug-likeness (QED) is 0.869. The van der Waals surface area contributed by atoms with Crippen LogP contribution in [0.3, 0.4) is 0 Å². The third-order valence-electron chi connectivity index (χ3n) is 3.41. The van der Waals surface area contributed by atoms with Crippen LogP contribution in [0.5, 0.6) is 0 Å². The van der Waals surface area contributed by atoms with Crippen LogP contribution in [-0.2, 0) is 0 Å². The molecule has 4 heteroatoms. The van der Waals surface area contributed by atoms with Crippen molar-refractivity contribution in [3.05, 3.63) is 69.7 Å². The molecule has 3 N–H and O–H groups in total. The fourth-order valence-corrected chi connectivity index (χ4v) is 2.50. The molecule has 0 bridgehead atoms. The van der Waals surface area contributed by atoms with Crippen LogP contribution in [-0.4, -0.2) is 12.5 Å². The number of amides is 1. The summed E-state index contributed by atoms with van der Waals surface area (Å²) in [5, 5.41) is 2.93. The van der Waals surface area contributed by atoms with Crippen LogP contribution in [0.15, 0.2) is 53.0 Å². The Bertz CT molecular complexity index is 613. The van der Waals surface area contributed by atoms with Crippen LogP contribution in [0.2, 0.25) is 0 Å². The minimum atomic E-state index is -0.0611. The molecule has 0 aliphatic rings. The molecule has 0 radical (unpaired) electrons. The fourth-order valence-electron chi connectivity index (χ4n) is 2.14. The van der Waals surface area contributed by atoms with Gasteiger partial charge in [0.25, 0.3) is 5.91 Å². The zero-order valence-corrected chi connectivity index (χ0v) is 13.6. The summed E-state index contributed by atoms with van der Waals surface area (Å²) in [6.07, 6.45) is 0.711. The number of benzene rings is 2. The number of nitrogens with one attached hydrogen (secondary N) is 1. The summed E-state index contributed by atoms with van der Waals surface area (Å²) in [6.45, 7) is 2.48. The van der Waals surface area contributed by atoms with Gasteiger partial charge in [-0.05, 0) is 36.6 Å². The molecular weight excluding hydrogens is 328 g/mol. The maximum atomic E-state index is 12.2. The third-order valence-corrected chi connectivity index (χ3v) is 3.91. The lowest BCUT2D eigenvalue weighted by molar-refractivity contribution is 0.0952. The van der Waals surface area contributed by atoms with Crippen molar-refractivity contribution in [1.82, 2.24) is 5.32 Å². The van der Waals surface area contributed by atoms with Crippen molar-refractivity contribution >= 4 is 21.8 Å². The summed E-state index contributed by atoms with van der Waals surface area (Å²) in [5.74, 6) is -0.0611. The zero-order chi connectivity index (χ0) is 15.2. The van der Waals surface area contributed by atoms with Crippen molar-refractivity contribution in [2.24, 2.45) is 5.73 Å². The van der Waals surface area contributed by atoms with Crippen LogP contribution < -0.4 is 11.1 Å². The summed E-state index contributed by atoms with van der Waals surface area (Å²) in [5.41, 5.74) is 8.86. The second kappa shape index (κ2) is 7.38.